The first-order valence-corrected chi connectivity index (χ1v) is 7.53. The number of hydrogen-bond acceptors (Lipinski definition) is 3. The van der Waals surface area contributed by atoms with Crippen LogP contribution >= 0.6 is 0 Å². The van der Waals surface area contributed by atoms with Crippen LogP contribution in [-0.4, -0.2) is 18.6 Å². The number of nitrogens with one attached hydrogen (secondary N) is 1. The largest absolute Gasteiger partial charge is 0.482 e. The molecule has 0 radical (unpaired) electrons. The van der Waals surface area contributed by atoms with Gasteiger partial charge in [-0.05, 0) is 30.4 Å². The predicted molar refractivity (Wildman–Crippen MR) is 80.8 cm³/mol. The van der Waals surface area contributed by atoms with Crippen molar-refractivity contribution in [2.75, 3.05) is 6.61 Å². The standard InChI is InChI=1S/C17H22N2O2/c1-12-6-5-8-15(13(12)2)19-17(20)11-21-16-9-4-3-7-14(16)10-18/h3-4,7,9,12-13,15H,5-6,8,11H2,1-2H3,(H,19,20)/t12-,13+,15+/m0/s1. The third-order valence-corrected chi connectivity index (χ3v) is 4.42. The first kappa shape index (κ1) is 15.4. The van der Waals surface area contributed by atoms with Gasteiger partial charge in [-0.2, -0.15) is 5.26 Å². The first-order valence-electron chi connectivity index (χ1n) is 7.53. The van der Waals surface area contributed by atoms with Gasteiger partial charge in [-0.1, -0.05) is 38.8 Å². The molecule has 0 spiro atoms. The third-order valence-electron chi connectivity index (χ3n) is 4.42. The number of amides is 1. The minimum Gasteiger partial charge on any atom is -0.482 e. The number of carbonyl (C=O) groups is 1. The summed E-state index contributed by atoms with van der Waals surface area (Å²) in [6.45, 7) is 4.39. The summed E-state index contributed by atoms with van der Waals surface area (Å²) in [5.41, 5.74) is 0.449. The van der Waals surface area contributed by atoms with Crippen LogP contribution in [0.25, 0.3) is 0 Å². The van der Waals surface area contributed by atoms with Gasteiger partial charge in [-0.15, -0.1) is 0 Å². The molecule has 0 aliphatic heterocycles. The zero-order valence-electron chi connectivity index (χ0n) is 12.6. The highest BCUT2D eigenvalue weighted by molar-refractivity contribution is 5.78. The van der Waals surface area contributed by atoms with Gasteiger partial charge >= 0.3 is 0 Å². The Morgan fingerprint density at radius 1 is 1.38 bits per heavy atom. The summed E-state index contributed by atoms with van der Waals surface area (Å²) in [7, 11) is 0. The smallest absolute Gasteiger partial charge is 0.258 e. The van der Waals surface area contributed by atoms with Crippen LogP contribution in [0.2, 0.25) is 0 Å². The number of nitriles is 1. The maximum Gasteiger partial charge on any atom is 0.258 e. The summed E-state index contributed by atoms with van der Waals surface area (Å²) in [6.07, 6.45) is 3.43. The van der Waals surface area contributed by atoms with Crippen molar-refractivity contribution in [3.05, 3.63) is 29.8 Å². The summed E-state index contributed by atoms with van der Waals surface area (Å²) < 4.78 is 5.46. The van der Waals surface area contributed by atoms with Crippen molar-refractivity contribution in [2.24, 2.45) is 11.8 Å². The number of ether oxygens (including phenoxy) is 1. The highest BCUT2D eigenvalue weighted by atomic mass is 16.5. The van der Waals surface area contributed by atoms with Crippen LogP contribution in [-0.2, 0) is 4.79 Å². The minimum atomic E-state index is -0.117. The molecular weight excluding hydrogens is 264 g/mol. The first-order chi connectivity index (χ1) is 10.1. The van der Waals surface area contributed by atoms with Crippen LogP contribution in [0.15, 0.2) is 24.3 Å². The molecule has 0 aromatic heterocycles. The lowest BCUT2D eigenvalue weighted by Crippen LogP contribution is -2.45. The van der Waals surface area contributed by atoms with Crippen LogP contribution in [0.4, 0.5) is 0 Å². The van der Waals surface area contributed by atoms with E-state index in [4.69, 9.17) is 10.00 Å². The Morgan fingerprint density at radius 3 is 2.90 bits per heavy atom. The Balaban J connectivity index is 1.86. The lowest BCUT2D eigenvalue weighted by molar-refractivity contribution is -0.124. The minimum absolute atomic E-state index is 0.0453. The molecule has 1 aromatic carbocycles. The molecule has 1 amide bonds. The molecule has 21 heavy (non-hydrogen) atoms. The molecule has 1 aliphatic rings. The van der Waals surface area contributed by atoms with Gasteiger partial charge in [0.05, 0.1) is 5.56 Å². The molecule has 0 unspecified atom stereocenters. The van der Waals surface area contributed by atoms with E-state index in [9.17, 15) is 4.79 Å². The van der Waals surface area contributed by atoms with Crippen LogP contribution in [0.1, 0.15) is 38.7 Å². The Labute approximate surface area is 126 Å². The number of carbonyl (C=O) groups excluding carboxylic acids is 1. The van der Waals surface area contributed by atoms with Crippen molar-refractivity contribution < 1.29 is 9.53 Å². The fourth-order valence-corrected chi connectivity index (χ4v) is 2.86. The normalized spacial score (nSPS) is 24.9. The zero-order valence-corrected chi connectivity index (χ0v) is 12.6. The van der Waals surface area contributed by atoms with Crippen LogP contribution in [0.3, 0.4) is 0 Å². The van der Waals surface area contributed by atoms with Gasteiger partial charge in [0.1, 0.15) is 11.8 Å². The van der Waals surface area contributed by atoms with Crippen molar-refractivity contribution in [1.82, 2.24) is 5.32 Å². The fraction of sp³-hybridized carbons (Fsp3) is 0.529. The topological polar surface area (TPSA) is 62.1 Å². The molecule has 4 nitrogen and oxygen atoms in total. The average Bonchev–Trinajstić information content (AvgIpc) is 2.50. The molecule has 1 saturated carbocycles. The van der Waals surface area contributed by atoms with Gasteiger partial charge in [0, 0.05) is 6.04 Å². The zero-order chi connectivity index (χ0) is 15.2. The Kier molecular flexibility index (Phi) is 5.21. The van der Waals surface area contributed by atoms with E-state index in [2.05, 4.69) is 25.2 Å². The van der Waals surface area contributed by atoms with E-state index < -0.39 is 0 Å². The van der Waals surface area contributed by atoms with Crippen molar-refractivity contribution in [3.63, 3.8) is 0 Å². The number of nitrogens with zero attached hydrogens (tertiary/aromatic N) is 1. The van der Waals surface area contributed by atoms with E-state index in [-0.39, 0.29) is 18.6 Å². The van der Waals surface area contributed by atoms with Gasteiger partial charge < -0.3 is 10.1 Å². The maximum atomic E-state index is 12.0. The van der Waals surface area contributed by atoms with Crippen LogP contribution in [0.5, 0.6) is 5.75 Å². The maximum absolute atomic E-state index is 12.0. The molecule has 112 valence electrons. The van der Waals surface area contributed by atoms with Gasteiger partial charge in [-0.25, -0.2) is 0 Å². The van der Waals surface area contributed by atoms with Crippen LogP contribution in [0, 0.1) is 23.2 Å². The van der Waals surface area contributed by atoms with Gasteiger partial charge in [0.2, 0.25) is 0 Å². The van der Waals surface area contributed by atoms with Crippen molar-refractivity contribution in [2.45, 2.75) is 39.2 Å². The molecular formula is C17H22N2O2. The lowest BCUT2D eigenvalue weighted by Gasteiger charge is -2.34. The van der Waals surface area contributed by atoms with E-state index in [0.29, 0.717) is 23.1 Å². The third kappa shape index (κ3) is 3.98. The van der Waals surface area contributed by atoms with Crippen molar-refractivity contribution in [1.29, 1.82) is 5.26 Å². The molecule has 0 heterocycles. The van der Waals surface area contributed by atoms with E-state index >= 15 is 0 Å². The van der Waals surface area contributed by atoms with Gasteiger partial charge in [0.15, 0.2) is 6.61 Å². The van der Waals surface area contributed by atoms with E-state index in [1.165, 1.54) is 6.42 Å². The second-order valence-electron chi connectivity index (χ2n) is 5.84. The highest BCUT2D eigenvalue weighted by Crippen LogP contribution is 2.29. The summed E-state index contributed by atoms with van der Waals surface area (Å²) in [5.74, 6) is 1.48. The molecule has 2 rings (SSSR count). The summed E-state index contributed by atoms with van der Waals surface area (Å²) in [6, 6.07) is 9.24. The fourth-order valence-electron chi connectivity index (χ4n) is 2.86. The quantitative estimate of drug-likeness (QED) is 0.925. The van der Waals surface area contributed by atoms with Crippen molar-refractivity contribution in [3.8, 4) is 11.8 Å². The number of para-hydroxylation sites is 1. The molecule has 1 fully saturated rings. The van der Waals surface area contributed by atoms with E-state index in [1.54, 1.807) is 24.3 Å². The molecule has 1 N–H and O–H groups in total. The summed E-state index contributed by atoms with van der Waals surface area (Å²) in [5, 5.41) is 12.0. The monoisotopic (exact) mass is 286 g/mol. The Morgan fingerprint density at radius 2 is 2.14 bits per heavy atom. The number of benzene rings is 1. The Hall–Kier alpha value is -2.02. The SMILES string of the molecule is C[C@@H]1[C@@H](C)CCC[C@H]1NC(=O)COc1ccccc1C#N. The molecule has 0 bridgehead atoms. The molecule has 1 aromatic rings. The van der Waals surface area contributed by atoms with Crippen molar-refractivity contribution >= 4 is 5.91 Å². The van der Waals surface area contributed by atoms with E-state index in [0.717, 1.165) is 12.8 Å². The van der Waals surface area contributed by atoms with Gasteiger partial charge in [0.25, 0.3) is 5.91 Å². The van der Waals surface area contributed by atoms with Gasteiger partial charge in [-0.3, -0.25) is 4.79 Å². The van der Waals surface area contributed by atoms with E-state index in [1.807, 2.05) is 0 Å². The second-order valence-corrected chi connectivity index (χ2v) is 5.84. The summed E-state index contributed by atoms with van der Waals surface area (Å²) >= 11 is 0. The molecule has 4 heteroatoms. The second kappa shape index (κ2) is 7.12. The highest BCUT2D eigenvalue weighted by Gasteiger charge is 2.28. The average molecular weight is 286 g/mol. The molecule has 3 atom stereocenters. The number of hydrogen-bond donors (Lipinski definition) is 1. The number of rotatable bonds is 4. The van der Waals surface area contributed by atoms with Crippen LogP contribution < -0.4 is 10.1 Å². The molecule has 1 aliphatic carbocycles. The predicted octanol–water partition coefficient (Wildman–Crippen LogP) is 2.88. The molecule has 0 saturated heterocycles. The summed E-state index contributed by atoms with van der Waals surface area (Å²) in [4.78, 5) is 12.0. The Bertz CT molecular complexity index is 536. The lowest BCUT2D eigenvalue weighted by atomic mass is 9.78.